The topological polar surface area (TPSA) is 58.3 Å². The fourth-order valence-electron chi connectivity index (χ4n) is 0.938. The van der Waals surface area contributed by atoms with E-state index >= 15 is 0 Å². The molecular weight excluding hydrogens is 183 g/mol. The largest absolute Gasteiger partial charge is 0.508 e. The summed E-state index contributed by atoms with van der Waals surface area (Å²) in [5.41, 5.74) is 4.60. The first-order chi connectivity index (χ1) is 6.53. The molecule has 0 saturated heterocycles. The van der Waals surface area contributed by atoms with Crippen LogP contribution in [0.15, 0.2) is 24.3 Å². The van der Waals surface area contributed by atoms with Crippen LogP contribution in [0.1, 0.15) is 6.92 Å². The predicted molar refractivity (Wildman–Crippen MR) is 55.2 cm³/mol. The van der Waals surface area contributed by atoms with Crippen molar-refractivity contribution in [2.24, 2.45) is 5.73 Å². The Morgan fingerprint density at radius 3 is 2.50 bits per heavy atom. The molecule has 1 unspecified atom stereocenters. The van der Waals surface area contributed by atoms with Crippen molar-refractivity contribution in [3.63, 3.8) is 0 Å². The lowest BCUT2D eigenvalue weighted by molar-refractivity contribution is 0.217. The predicted octanol–water partition coefficient (Wildman–Crippen LogP) is 1.49. The van der Waals surface area contributed by atoms with Gasteiger partial charge in [0, 0.05) is 18.8 Å². The number of phenols is 1. The second kappa shape index (κ2) is 4.28. The molecule has 0 aliphatic rings. The molecule has 1 atom stereocenters. The van der Waals surface area contributed by atoms with Crippen LogP contribution in [0.2, 0.25) is 0 Å². The van der Waals surface area contributed by atoms with Crippen molar-refractivity contribution < 1.29 is 9.50 Å². The van der Waals surface area contributed by atoms with Crippen LogP contribution in [0.4, 0.5) is 10.1 Å². The maximum Gasteiger partial charge on any atom is 0.137 e. The average molecular weight is 198 g/mol. The van der Waals surface area contributed by atoms with E-state index in [2.05, 4.69) is 5.32 Å². The summed E-state index contributed by atoms with van der Waals surface area (Å²) in [5.74, 6) is 0.192. The van der Waals surface area contributed by atoms with Crippen molar-refractivity contribution >= 4 is 5.69 Å². The maximum atomic E-state index is 13.3. The van der Waals surface area contributed by atoms with Gasteiger partial charge in [-0.2, -0.15) is 0 Å². The minimum atomic E-state index is -1.40. The van der Waals surface area contributed by atoms with E-state index in [4.69, 9.17) is 10.8 Å². The molecule has 14 heavy (non-hydrogen) atoms. The molecule has 0 aliphatic heterocycles. The standard InChI is InChI=1S/C10H15FN2O/c1-10(11,6-12)7-13-8-2-4-9(14)5-3-8/h2-5,13-14H,6-7,12H2,1H3. The van der Waals surface area contributed by atoms with E-state index in [0.717, 1.165) is 5.69 Å². The highest BCUT2D eigenvalue weighted by Gasteiger charge is 2.20. The Morgan fingerprint density at radius 1 is 1.43 bits per heavy atom. The lowest BCUT2D eigenvalue weighted by Crippen LogP contribution is -2.36. The first-order valence-electron chi connectivity index (χ1n) is 4.45. The van der Waals surface area contributed by atoms with E-state index < -0.39 is 5.67 Å². The Labute approximate surface area is 82.7 Å². The Bertz CT molecular complexity index is 285. The van der Waals surface area contributed by atoms with E-state index in [1.807, 2.05) is 0 Å². The third-order valence-electron chi connectivity index (χ3n) is 1.95. The number of nitrogens with one attached hydrogen (secondary N) is 1. The molecule has 0 spiro atoms. The lowest BCUT2D eigenvalue weighted by Gasteiger charge is -2.19. The van der Waals surface area contributed by atoms with Gasteiger partial charge in [0.05, 0.1) is 0 Å². The normalized spacial score (nSPS) is 14.8. The zero-order valence-electron chi connectivity index (χ0n) is 8.13. The molecule has 1 rings (SSSR count). The van der Waals surface area contributed by atoms with Crippen molar-refractivity contribution in [3.05, 3.63) is 24.3 Å². The summed E-state index contributed by atoms with van der Waals surface area (Å²) >= 11 is 0. The summed E-state index contributed by atoms with van der Waals surface area (Å²) in [4.78, 5) is 0. The SMILES string of the molecule is CC(F)(CN)CNc1ccc(O)cc1. The van der Waals surface area contributed by atoms with Crippen molar-refractivity contribution in [1.82, 2.24) is 0 Å². The van der Waals surface area contributed by atoms with Crippen molar-refractivity contribution in [2.75, 3.05) is 18.4 Å². The number of halogens is 1. The van der Waals surface area contributed by atoms with Crippen LogP contribution < -0.4 is 11.1 Å². The minimum absolute atomic E-state index is 0.0158. The smallest absolute Gasteiger partial charge is 0.137 e. The highest BCUT2D eigenvalue weighted by molar-refractivity contribution is 5.46. The maximum absolute atomic E-state index is 13.3. The molecule has 0 saturated carbocycles. The summed E-state index contributed by atoms with van der Waals surface area (Å²) in [6.45, 7) is 1.59. The quantitative estimate of drug-likeness (QED) is 0.642. The number of phenolic OH excluding ortho intramolecular Hbond substituents is 1. The Hall–Kier alpha value is -1.29. The molecule has 0 amide bonds. The minimum Gasteiger partial charge on any atom is -0.508 e. The molecule has 0 radical (unpaired) electrons. The number of alkyl halides is 1. The van der Waals surface area contributed by atoms with Crippen LogP contribution >= 0.6 is 0 Å². The molecule has 1 aromatic rings. The summed E-state index contributed by atoms with van der Waals surface area (Å²) in [6, 6.07) is 6.45. The van der Waals surface area contributed by atoms with Gasteiger partial charge < -0.3 is 16.2 Å². The number of hydrogen-bond acceptors (Lipinski definition) is 3. The summed E-state index contributed by atoms with van der Waals surface area (Å²) in [5, 5.41) is 11.9. The fourth-order valence-corrected chi connectivity index (χ4v) is 0.938. The van der Waals surface area contributed by atoms with Gasteiger partial charge in [-0.3, -0.25) is 0 Å². The highest BCUT2D eigenvalue weighted by Crippen LogP contribution is 2.15. The molecule has 3 nitrogen and oxygen atoms in total. The fraction of sp³-hybridized carbons (Fsp3) is 0.400. The molecule has 0 aliphatic carbocycles. The number of anilines is 1. The first kappa shape index (κ1) is 10.8. The van der Waals surface area contributed by atoms with Gasteiger partial charge in [-0.1, -0.05) is 0 Å². The molecule has 4 heteroatoms. The monoisotopic (exact) mass is 198 g/mol. The van der Waals surface area contributed by atoms with Crippen LogP contribution in [0, 0.1) is 0 Å². The lowest BCUT2D eigenvalue weighted by atomic mass is 10.1. The van der Waals surface area contributed by atoms with Gasteiger partial charge in [0.1, 0.15) is 11.4 Å². The molecule has 0 heterocycles. The zero-order valence-corrected chi connectivity index (χ0v) is 8.13. The molecule has 0 bridgehead atoms. The molecule has 1 aromatic carbocycles. The Kier molecular flexibility index (Phi) is 3.30. The zero-order chi connectivity index (χ0) is 10.6. The van der Waals surface area contributed by atoms with Gasteiger partial charge in [-0.05, 0) is 31.2 Å². The third kappa shape index (κ3) is 3.22. The van der Waals surface area contributed by atoms with Gasteiger partial charge in [-0.15, -0.1) is 0 Å². The average Bonchev–Trinajstić information content (AvgIpc) is 2.17. The molecular formula is C10H15FN2O. The van der Waals surface area contributed by atoms with Crippen LogP contribution in [0.3, 0.4) is 0 Å². The molecule has 0 fully saturated rings. The van der Waals surface area contributed by atoms with E-state index in [1.165, 1.54) is 6.92 Å². The van der Waals surface area contributed by atoms with Crippen LogP contribution in [-0.4, -0.2) is 23.9 Å². The van der Waals surface area contributed by atoms with Crippen LogP contribution in [0.5, 0.6) is 5.75 Å². The molecule has 78 valence electrons. The second-order valence-corrected chi connectivity index (χ2v) is 3.52. The molecule has 0 aromatic heterocycles. The van der Waals surface area contributed by atoms with E-state index in [-0.39, 0.29) is 18.8 Å². The number of aromatic hydroxyl groups is 1. The summed E-state index contributed by atoms with van der Waals surface area (Å²) in [6.07, 6.45) is 0. The number of rotatable bonds is 4. The van der Waals surface area contributed by atoms with E-state index in [9.17, 15) is 4.39 Å². The van der Waals surface area contributed by atoms with E-state index in [0.29, 0.717) is 0 Å². The van der Waals surface area contributed by atoms with Crippen molar-refractivity contribution in [3.8, 4) is 5.75 Å². The Morgan fingerprint density at radius 2 is 2.00 bits per heavy atom. The van der Waals surface area contributed by atoms with Crippen LogP contribution in [0.25, 0.3) is 0 Å². The summed E-state index contributed by atoms with van der Waals surface area (Å²) in [7, 11) is 0. The van der Waals surface area contributed by atoms with Gasteiger partial charge in [0.2, 0.25) is 0 Å². The second-order valence-electron chi connectivity index (χ2n) is 3.52. The summed E-state index contributed by atoms with van der Waals surface area (Å²) < 4.78 is 13.3. The van der Waals surface area contributed by atoms with Gasteiger partial charge in [0.15, 0.2) is 0 Å². The number of benzene rings is 1. The number of hydrogen-bond donors (Lipinski definition) is 3. The van der Waals surface area contributed by atoms with E-state index in [1.54, 1.807) is 24.3 Å². The third-order valence-corrected chi connectivity index (χ3v) is 1.95. The molecule has 4 N–H and O–H groups in total. The van der Waals surface area contributed by atoms with Crippen LogP contribution in [-0.2, 0) is 0 Å². The number of nitrogens with two attached hydrogens (primary N) is 1. The van der Waals surface area contributed by atoms with Crippen molar-refractivity contribution in [1.29, 1.82) is 0 Å². The van der Waals surface area contributed by atoms with Gasteiger partial charge >= 0.3 is 0 Å². The van der Waals surface area contributed by atoms with Gasteiger partial charge in [0.25, 0.3) is 0 Å². The van der Waals surface area contributed by atoms with Gasteiger partial charge in [-0.25, -0.2) is 4.39 Å². The Balaban J connectivity index is 2.50. The first-order valence-corrected chi connectivity index (χ1v) is 4.45. The highest BCUT2D eigenvalue weighted by atomic mass is 19.1. The van der Waals surface area contributed by atoms with Crippen molar-refractivity contribution in [2.45, 2.75) is 12.6 Å².